The normalized spacial score (nSPS) is 22.8. The van der Waals surface area contributed by atoms with Gasteiger partial charge in [-0.05, 0) is 24.6 Å². The van der Waals surface area contributed by atoms with Crippen molar-refractivity contribution in [2.45, 2.75) is 26.4 Å². The molecule has 1 aromatic carbocycles. The lowest BCUT2D eigenvalue weighted by Gasteiger charge is -2.38. The Hall–Kier alpha value is -1.54. The molecule has 1 atom stereocenters. The molecule has 0 saturated carbocycles. The first-order valence-corrected chi connectivity index (χ1v) is 6.60. The van der Waals surface area contributed by atoms with Crippen LogP contribution in [0.25, 0.3) is 0 Å². The van der Waals surface area contributed by atoms with Gasteiger partial charge in [-0.15, -0.1) is 0 Å². The minimum Gasteiger partial charge on any atom is -0.460 e. The molecule has 2 heterocycles. The van der Waals surface area contributed by atoms with Crippen molar-refractivity contribution in [3.63, 3.8) is 0 Å². The summed E-state index contributed by atoms with van der Waals surface area (Å²) in [5, 5.41) is 0. The molecule has 0 amide bonds. The second-order valence-corrected chi connectivity index (χ2v) is 5.69. The van der Waals surface area contributed by atoms with Crippen molar-refractivity contribution in [2.75, 3.05) is 13.6 Å². The highest BCUT2D eigenvalue weighted by Crippen LogP contribution is 2.26. The van der Waals surface area contributed by atoms with E-state index in [1.54, 1.807) is 0 Å². The zero-order chi connectivity index (χ0) is 12.6. The quantitative estimate of drug-likeness (QED) is 0.737. The number of quaternary nitrogens is 1. The number of aryl methyl sites for hydroxylation is 1. The van der Waals surface area contributed by atoms with Gasteiger partial charge in [-0.1, -0.05) is 24.3 Å². The largest absolute Gasteiger partial charge is 0.460 e. The molecule has 1 aliphatic rings. The molecule has 2 nitrogen and oxygen atoms in total. The number of benzene rings is 1. The summed E-state index contributed by atoms with van der Waals surface area (Å²) in [6.07, 6.45) is 1.17. The molecule has 1 aromatic heterocycles. The maximum atomic E-state index is 5.72. The van der Waals surface area contributed by atoms with Crippen molar-refractivity contribution in [3.8, 4) is 0 Å². The van der Waals surface area contributed by atoms with Gasteiger partial charge in [-0.25, -0.2) is 0 Å². The molecule has 3 rings (SSSR count). The number of furan rings is 1. The van der Waals surface area contributed by atoms with Crippen LogP contribution in [0, 0.1) is 6.92 Å². The standard InChI is InChI=1S/C16H20NO/c1-13-7-8-16(18-13)12-17(2)10-9-14-5-3-4-6-15(14)11-17/h3-8H,9-12H2,1-2H3/q+1. The highest BCUT2D eigenvalue weighted by Gasteiger charge is 2.29. The Balaban J connectivity index is 1.81. The van der Waals surface area contributed by atoms with Crippen LogP contribution in [0.2, 0.25) is 0 Å². The molecule has 0 N–H and O–H groups in total. The monoisotopic (exact) mass is 242 g/mol. The van der Waals surface area contributed by atoms with E-state index in [0.717, 1.165) is 29.1 Å². The zero-order valence-electron chi connectivity index (χ0n) is 11.1. The topological polar surface area (TPSA) is 13.1 Å². The van der Waals surface area contributed by atoms with Gasteiger partial charge in [-0.3, -0.25) is 0 Å². The molecule has 0 bridgehead atoms. The van der Waals surface area contributed by atoms with Crippen LogP contribution in [-0.4, -0.2) is 18.1 Å². The lowest BCUT2D eigenvalue weighted by atomic mass is 9.98. The highest BCUT2D eigenvalue weighted by atomic mass is 16.3. The lowest BCUT2D eigenvalue weighted by molar-refractivity contribution is -0.938. The Bertz CT molecular complexity index is 558. The van der Waals surface area contributed by atoms with Crippen LogP contribution in [-0.2, 0) is 19.5 Å². The van der Waals surface area contributed by atoms with E-state index in [1.807, 2.05) is 6.92 Å². The maximum absolute atomic E-state index is 5.72. The van der Waals surface area contributed by atoms with E-state index in [2.05, 4.69) is 43.4 Å². The first-order valence-electron chi connectivity index (χ1n) is 6.60. The number of hydrogen-bond acceptors (Lipinski definition) is 1. The molecule has 94 valence electrons. The van der Waals surface area contributed by atoms with Crippen LogP contribution >= 0.6 is 0 Å². The third-order valence-electron chi connectivity index (χ3n) is 3.93. The highest BCUT2D eigenvalue weighted by molar-refractivity contribution is 5.27. The van der Waals surface area contributed by atoms with Crippen LogP contribution in [0.4, 0.5) is 0 Å². The van der Waals surface area contributed by atoms with Crippen LogP contribution in [0.1, 0.15) is 22.6 Å². The summed E-state index contributed by atoms with van der Waals surface area (Å²) >= 11 is 0. The molecule has 0 saturated heterocycles. The van der Waals surface area contributed by atoms with E-state index in [4.69, 9.17) is 4.42 Å². The average molecular weight is 242 g/mol. The van der Waals surface area contributed by atoms with Gasteiger partial charge in [0.1, 0.15) is 18.8 Å². The second kappa shape index (κ2) is 4.29. The van der Waals surface area contributed by atoms with Gasteiger partial charge in [0.05, 0.1) is 13.6 Å². The third-order valence-corrected chi connectivity index (χ3v) is 3.93. The van der Waals surface area contributed by atoms with E-state index >= 15 is 0 Å². The predicted octanol–water partition coefficient (Wildman–Crippen LogP) is 3.29. The van der Waals surface area contributed by atoms with Crippen LogP contribution in [0.15, 0.2) is 40.8 Å². The summed E-state index contributed by atoms with van der Waals surface area (Å²) in [6.45, 7) is 5.30. The SMILES string of the molecule is Cc1ccc(C[N+]2(C)CCc3ccccc3C2)o1. The molecule has 0 spiro atoms. The molecular formula is C16H20NO+. The van der Waals surface area contributed by atoms with E-state index < -0.39 is 0 Å². The van der Waals surface area contributed by atoms with Gasteiger partial charge in [0.15, 0.2) is 5.76 Å². The van der Waals surface area contributed by atoms with Crippen LogP contribution in [0.3, 0.4) is 0 Å². The molecule has 18 heavy (non-hydrogen) atoms. The zero-order valence-corrected chi connectivity index (χ0v) is 11.1. The van der Waals surface area contributed by atoms with Gasteiger partial charge >= 0.3 is 0 Å². The third kappa shape index (κ3) is 2.21. The van der Waals surface area contributed by atoms with Crippen molar-refractivity contribution >= 4 is 0 Å². The molecular weight excluding hydrogens is 222 g/mol. The number of nitrogens with zero attached hydrogens (tertiary/aromatic N) is 1. The van der Waals surface area contributed by atoms with E-state index in [1.165, 1.54) is 24.1 Å². The van der Waals surface area contributed by atoms with Crippen LogP contribution in [0.5, 0.6) is 0 Å². The Morgan fingerprint density at radius 2 is 1.89 bits per heavy atom. The number of fused-ring (bicyclic) bond motifs is 1. The van der Waals surface area contributed by atoms with Gasteiger partial charge < -0.3 is 8.90 Å². The van der Waals surface area contributed by atoms with E-state index in [-0.39, 0.29) is 0 Å². The van der Waals surface area contributed by atoms with Crippen LogP contribution < -0.4 is 0 Å². The first-order chi connectivity index (χ1) is 8.65. The summed E-state index contributed by atoms with van der Waals surface area (Å²) in [7, 11) is 2.33. The minimum atomic E-state index is 0.988. The predicted molar refractivity (Wildman–Crippen MR) is 72.1 cm³/mol. The van der Waals surface area contributed by atoms with Crippen molar-refractivity contribution in [1.82, 2.24) is 0 Å². The second-order valence-electron chi connectivity index (χ2n) is 5.69. The Morgan fingerprint density at radius 3 is 2.61 bits per heavy atom. The molecule has 2 aromatic rings. The summed E-state index contributed by atoms with van der Waals surface area (Å²) in [6, 6.07) is 13.0. The van der Waals surface area contributed by atoms with Crippen molar-refractivity contribution in [1.29, 1.82) is 0 Å². The lowest BCUT2D eigenvalue weighted by Crippen LogP contribution is -2.46. The number of likely N-dealkylation sites (N-methyl/N-ethyl adjacent to an activating group) is 1. The van der Waals surface area contributed by atoms with E-state index in [9.17, 15) is 0 Å². The fourth-order valence-electron chi connectivity index (χ4n) is 2.92. The van der Waals surface area contributed by atoms with Crippen molar-refractivity contribution in [2.24, 2.45) is 0 Å². The fraction of sp³-hybridized carbons (Fsp3) is 0.375. The summed E-state index contributed by atoms with van der Waals surface area (Å²) < 4.78 is 6.77. The first kappa shape index (κ1) is 11.5. The Labute approximate surface area is 108 Å². The molecule has 0 fully saturated rings. The van der Waals surface area contributed by atoms with Crippen molar-refractivity contribution < 1.29 is 8.90 Å². The average Bonchev–Trinajstić information content (AvgIpc) is 2.74. The summed E-state index contributed by atoms with van der Waals surface area (Å²) in [5.41, 5.74) is 3.01. The molecule has 0 aliphatic carbocycles. The molecule has 2 heteroatoms. The van der Waals surface area contributed by atoms with E-state index in [0.29, 0.717) is 0 Å². The van der Waals surface area contributed by atoms with Crippen molar-refractivity contribution in [3.05, 3.63) is 59.0 Å². The van der Waals surface area contributed by atoms with Gasteiger partial charge in [0, 0.05) is 12.0 Å². The molecule has 1 aliphatic heterocycles. The van der Waals surface area contributed by atoms with Gasteiger partial charge in [0.2, 0.25) is 0 Å². The molecule has 0 radical (unpaired) electrons. The maximum Gasteiger partial charge on any atom is 0.158 e. The van der Waals surface area contributed by atoms with Gasteiger partial charge in [0.25, 0.3) is 0 Å². The summed E-state index contributed by atoms with van der Waals surface area (Å²) in [5.74, 6) is 2.11. The minimum absolute atomic E-state index is 0.988. The Kier molecular flexibility index (Phi) is 2.75. The van der Waals surface area contributed by atoms with Gasteiger partial charge in [-0.2, -0.15) is 0 Å². The fourth-order valence-corrected chi connectivity index (χ4v) is 2.92. The molecule has 1 unspecified atom stereocenters. The smallest absolute Gasteiger partial charge is 0.158 e. The number of hydrogen-bond donors (Lipinski definition) is 0. The summed E-state index contributed by atoms with van der Waals surface area (Å²) in [4.78, 5) is 0. The Morgan fingerprint density at radius 1 is 1.11 bits per heavy atom. The number of rotatable bonds is 2.